The van der Waals surface area contributed by atoms with Crippen LogP contribution < -0.4 is 0 Å². The van der Waals surface area contributed by atoms with Crippen LogP contribution in [0.3, 0.4) is 0 Å². The van der Waals surface area contributed by atoms with Gasteiger partial charge in [-0.25, -0.2) is 0 Å². The standard InChI is InChI=1S/C14H21P/c1-3-5-9-12-15(4-2)13-14-10-7-6-8-11-14/h4,6-8,10-11H,2-3,5,9,12-13H2,1H3. The van der Waals surface area contributed by atoms with Gasteiger partial charge in [0.25, 0.3) is 0 Å². The van der Waals surface area contributed by atoms with Crippen molar-refractivity contribution in [3.05, 3.63) is 48.3 Å². The van der Waals surface area contributed by atoms with Crippen LogP contribution in [0.15, 0.2) is 42.7 Å². The average molecular weight is 220 g/mol. The largest absolute Gasteiger partial charge is 0.0986 e. The van der Waals surface area contributed by atoms with Crippen molar-refractivity contribution >= 4 is 7.92 Å². The Morgan fingerprint density at radius 1 is 1.20 bits per heavy atom. The summed E-state index contributed by atoms with van der Waals surface area (Å²) in [5.74, 6) is 2.18. The second-order valence-electron chi connectivity index (χ2n) is 3.85. The third-order valence-electron chi connectivity index (χ3n) is 2.54. The zero-order chi connectivity index (χ0) is 10.9. The minimum Gasteiger partial charge on any atom is -0.0986 e. The molecule has 0 aliphatic rings. The quantitative estimate of drug-likeness (QED) is 0.448. The van der Waals surface area contributed by atoms with E-state index in [2.05, 4.69) is 49.7 Å². The monoisotopic (exact) mass is 220 g/mol. The van der Waals surface area contributed by atoms with Crippen molar-refractivity contribution in [1.82, 2.24) is 0 Å². The van der Waals surface area contributed by atoms with Gasteiger partial charge in [0.2, 0.25) is 0 Å². The van der Waals surface area contributed by atoms with Crippen LogP contribution in [0.5, 0.6) is 0 Å². The molecule has 0 amide bonds. The Morgan fingerprint density at radius 3 is 2.53 bits per heavy atom. The SMILES string of the molecule is C=CP(CCCCC)Cc1ccccc1. The second-order valence-corrected chi connectivity index (χ2v) is 6.15. The summed E-state index contributed by atoms with van der Waals surface area (Å²) in [6.07, 6.45) is 6.60. The van der Waals surface area contributed by atoms with E-state index in [4.69, 9.17) is 0 Å². The molecular formula is C14H21P. The minimum absolute atomic E-state index is 0.0176. The van der Waals surface area contributed by atoms with Crippen LogP contribution in [0, 0.1) is 0 Å². The molecule has 0 aliphatic carbocycles. The van der Waals surface area contributed by atoms with Crippen molar-refractivity contribution in [3.8, 4) is 0 Å². The Kier molecular flexibility index (Phi) is 6.36. The number of unbranched alkanes of at least 4 members (excludes halogenated alkanes) is 2. The lowest BCUT2D eigenvalue weighted by molar-refractivity contribution is 0.776. The lowest BCUT2D eigenvalue weighted by Gasteiger charge is -2.12. The molecule has 0 spiro atoms. The van der Waals surface area contributed by atoms with Crippen molar-refractivity contribution in [3.63, 3.8) is 0 Å². The molecular weight excluding hydrogens is 199 g/mol. The summed E-state index contributed by atoms with van der Waals surface area (Å²) < 4.78 is 0. The van der Waals surface area contributed by atoms with Crippen molar-refractivity contribution in [1.29, 1.82) is 0 Å². The van der Waals surface area contributed by atoms with Crippen LogP contribution in [0.1, 0.15) is 31.7 Å². The van der Waals surface area contributed by atoms with Crippen LogP contribution >= 0.6 is 7.92 Å². The molecule has 1 atom stereocenters. The third-order valence-corrected chi connectivity index (χ3v) is 4.71. The van der Waals surface area contributed by atoms with Gasteiger partial charge in [0, 0.05) is 0 Å². The zero-order valence-electron chi connectivity index (χ0n) is 9.65. The maximum Gasteiger partial charge on any atom is -0.00386 e. The van der Waals surface area contributed by atoms with Crippen LogP contribution in [0.2, 0.25) is 0 Å². The van der Waals surface area contributed by atoms with Gasteiger partial charge in [-0.3, -0.25) is 0 Å². The Balaban J connectivity index is 2.37. The van der Waals surface area contributed by atoms with E-state index in [9.17, 15) is 0 Å². The van der Waals surface area contributed by atoms with Gasteiger partial charge in [-0.1, -0.05) is 70.4 Å². The molecule has 0 bridgehead atoms. The van der Waals surface area contributed by atoms with Gasteiger partial charge < -0.3 is 0 Å². The van der Waals surface area contributed by atoms with Crippen LogP contribution in [-0.4, -0.2) is 6.16 Å². The number of benzene rings is 1. The van der Waals surface area contributed by atoms with E-state index in [1.54, 1.807) is 0 Å². The fraction of sp³-hybridized carbons (Fsp3) is 0.429. The van der Waals surface area contributed by atoms with Gasteiger partial charge in [-0.2, -0.15) is 0 Å². The summed E-state index contributed by atoms with van der Waals surface area (Å²) in [7, 11) is 0.0176. The van der Waals surface area contributed by atoms with Crippen LogP contribution in [0.4, 0.5) is 0 Å². The predicted octanol–water partition coefficient (Wildman–Crippen LogP) is 5.00. The van der Waals surface area contributed by atoms with Crippen LogP contribution in [0.25, 0.3) is 0 Å². The topological polar surface area (TPSA) is 0 Å². The minimum atomic E-state index is 0.0176. The molecule has 15 heavy (non-hydrogen) atoms. The smallest absolute Gasteiger partial charge is 0.00386 e. The van der Waals surface area contributed by atoms with E-state index in [1.165, 1.54) is 37.1 Å². The maximum absolute atomic E-state index is 3.96. The van der Waals surface area contributed by atoms with Gasteiger partial charge in [-0.05, 0) is 24.3 Å². The number of hydrogen-bond donors (Lipinski definition) is 0. The molecule has 82 valence electrons. The lowest BCUT2D eigenvalue weighted by atomic mass is 10.2. The first-order valence-electron chi connectivity index (χ1n) is 5.77. The highest BCUT2D eigenvalue weighted by Gasteiger charge is 2.03. The Labute approximate surface area is 95.2 Å². The van der Waals surface area contributed by atoms with Gasteiger partial charge in [0.15, 0.2) is 0 Å². The van der Waals surface area contributed by atoms with Gasteiger partial charge in [0.1, 0.15) is 0 Å². The van der Waals surface area contributed by atoms with Crippen molar-refractivity contribution in [2.75, 3.05) is 6.16 Å². The van der Waals surface area contributed by atoms with Crippen LogP contribution in [-0.2, 0) is 6.16 Å². The molecule has 0 saturated carbocycles. The zero-order valence-corrected chi connectivity index (χ0v) is 10.5. The molecule has 1 rings (SSSR count). The normalized spacial score (nSPS) is 12.3. The number of hydrogen-bond acceptors (Lipinski definition) is 0. The highest BCUT2D eigenvalue weighted by Crippen LogP contribution is 2.41. The van der Waals surface area contributed by atoms with Gasteiger partial charge in [0.05, 0.1) is 0 Å². The van der Waals surface area contributed by atoms with Crippen molar-refractivity contribution in [2.45, 2.75) is 32.3 Å². The highest BCUT2D eigenvalue weighted by molar-refractivity contribution is 7.60. The fourth-order valence-electron chi connectivity index (χ4n) is 1.62. The molecule has 1 heteroatoms. The number of rotatable bonds is 7. The average Bonchev–Trinajstić information content (AvgIpc) is 2.29. The van der Waals surface area contributed by atoms with Crippen molar-refractivity contribution in [2.24, 2.45) is 0 Å². The molecule has 0 fully saturated rings. The Bertz CT molecular complexity index is 266. The van der Waals surface area contributed by atoms with E-state index in [1.807, 2.05) is 0 Å². The molecule has 0 N–H and O–H groups in total. The molecule has 0 heterocycles. The fourth-order valence-corrected chi connectivity index (χ4v) is 3.40. The Morgan fingerprint density at radius 2 is 1.93 bits per heavy atom. The third kappa shape index (κ3) is 5.14. The first kappa shape index (κ1) is 12.5. The van der Waals surface area contributed by atoms with Gasteiger partial charge >= 0.3 is 0 Å². The summed E-state index contributed by atoms with van der Waals surface area (Å²) in [5.41, 5.74) is 1.46. The summed E-state index contributed by atoms with van der Waals surface area (Å²) in [4.78, 5) is 0. The molecule has 0 radical (unpaired) electrons. The maximum atomic E-state index is 3.96. The summed E-state index contributed by atoms with van der Waals surface area (Å²) in [5, 5.41) is 0. The van der Waals surface area contributed by atoms with Crippen molar-refractivity contribution < 1.29 is 0 Å². The van der Waals surface area contributed by atoms with E-state index < -0.39 is 0 Å². The predicted molar refractivity (Wildman–Crippen MR) is 71.7 cm³/mol. The second kappa shape index (κ2) is 7.65. The van der Waals surface area contributed by atoms with Gasteiger partial charge in [-0.15, -0.1) is 0 Å². The first-order valence-corrected chi connectivity index (χ1v) is 7.55. The molecule has 0 nitrogen and oxygen atoms in total. The summed E-state index contributed by atoms with van der Waals surface area (Å²) in [6.45, 7) is 6.22. The van der Waals surface area contributed by atoms with E-state index in [0.717, 1.165) is 0 Å². The summed E-state index contributed by atoms with van der Waals surface area (Å²) in [6, 6.07) is 10.8. The molecule has 0 aliphatic heterocycles. The lowest BCUT2D eigenvalue weighted by Crippen LogP contribution is -1.87. The molecule has 1 aromatic carbocycles. The highest BCUT2D eigenvalue weighted by atomic mass is 31.1. The summed E-state index contributed by atoms with van der Waals surface area (Å²) >= 11 is 0. The first-order chi connectivity index (χ1) is 7.36. The van der Waals surface area contributed by atoms with E-state index >= 15 is 0 Å². The molecule has 0 saturated heterocycles. The molecule has 0 aromatic heterocycles. The van der Waals surface area contributed by atoms with E-state index in [-0.39, 0.29) is 7.92 Å². The van der Waals surface area contributed by atoms with E-state index in [0.29, 0.717) is 0 Å². The molecule has 1 unspecified atom stereocenters. The molecule has 1 aromatic rings. The Hall–Kier alpha value is -0.610.